The van der Waals surface area contributed by atoms with Crippen molar-refractivity contribution in [3.05, 3.63) is 64.7 Å². The lowest BCUT2D eigenvalue weighted by atomic mass is 10.1. The Morgan fingerprint density at radius 3 is 2.45 bits per heavy atom. The summed E-state index contributed by atoms with van der Waals surface area (Å²) < 4.78 is 43.3. The molecule has 22 heavy (non-hydrogen) atoms. The summed E-state index contributed by atoms with van der Waals surface area (Å²) in [7, 11) is 0. The second kappa shape index (κ2) is 6.22. The summed E-state index contributed by atoms with van der Waals surface area (Å²) in [5, 5.41) is 0. The molecule has 0 spiro atoms. The Kier molecular flexibility index (Phi) is 4.54. The molecule has 0 atom stereocenters. The van der Waals surface area contributed by atoms with Gasteiger partial charge in [0.15, 0.2) is 5.78 Å². The highest BCUT2D eigenvalue weighted by molar-refractivity contribution is 5.94. The van der Waals surface area contributed by atoms with Crippen LogP contribution in [0.4, 0.5) is 13.2 Å². The van der Waals surface area contributed by atoms with E-state index in [2.05, 4.69) is 0 Å². The Hall–Kier alpha value is -2.30. The van der Waals surface area contributed by atoms with E-state index in [4.69, 9.17) is 4.74 Å². The van der Waals surface area contributed by atoms with E-state index < -0.39 is 11.7 Å². The third-order valence-corrected chi connectivity index (χ3v) is 3.23. The van der Waals surface area contributed by atoms with Crippen molar-refractivity contribution in [3.8, 4) is 5.75 Å². The normalized spacial score (nSPS) is 11.3. The molecule has 0 saturated carbocycles. The zero-order valence-electron chi connectivity index (χ0n) is 12.2. The Morgan fingerprint density at radius 1 is 1.14 bits per heavy atom. The van der Waals surface area contributed by atoms with Crippen molar-refractivity contribution in [1.82, 2.24) is 0 Å². The van der Waals surface area contributed by atoms with Crippen LogP contribution in [0, 0.1) is 6.92 Å². The topological polar surface area (TPSA) is 26.3 Å². The van der Waals surface area contributed by atoms with Crippen LogP contribution in [0.5, 0.6) is 5.75 Å². The largest absolute Gasteiger partial charge is 0.489 e. The van der Waals surface area contributed by atoms with Gasteiger partial charge in [-0.1, -0.05) is 18.2 Å². The van der Waals surface area contributed by atoms with E-state index in [1.165, 1.54) is 13.0 Å². The van der Waals surface area contributed by atoms with Crippen LogP contribution in [0.25, 0.3) is 0 Å². The zero-order chi connectivity index (χ0) is 16.3. The highest BCUT2D eigenvalue weighted by Gasteiger charge is 2.30. The van der Waals surface area contributed by atoms with Gasteiger partial charge in [-0.15, -0.1) is 0 Å². The number of benzene rings is 2. The Balaban J connectivity index is 2.12. The quantitative estimate of drug-likeness (QED) is 0.759. The number of aryl methyl sites for hydroxylation is 1. The molecular weight excluding hydrogens is 293 g/mol. The van der Waals surface area contributed by atoms with E-state index in [0.717, 1.165) is 17.7 Å². The van der Waals surface area contributed by atoms with E-state index in [-0.39, 0.29) is 12.4 Å². The van der Waals surface area contributed by atoms with E-state index >= 15 is 0 Å². The number of rotatable bonds is 4. The van der Waals surface area contributed by atoms with Gasteiger partial charge in [0, 0.05) is 5.56 Å². The van der Waals surface area contributed by atoms with Crippen molar-refractivity contribution in [2.75, 3.05) is 0 Å². The molecule has 2 nitrogen and oxygen atoms in total. The molecule has 0 radical (unpaired) electrons. The van der Waals surface area contributed by atoms with Gasteiger partial charge in [0.05, 0.1) is 5.56 Å². The number of carbonyl (C=O) groups excluding carboxylic acids is 1. The van der Waals surface area contributed by atoms with Crippen LogP contribution < -0.4 is 4.74 Å². The minimum Gasteiger partial charge on any atom is -0.489 e. The standard InChI is InChI=1S/C17H15F3O2/c1-11-8-15(17(18,19)20)6-7-16(11)22-10-13-4-3-5-14(9-13)12(2)21/h3-9H,10H2,1-2H3. The van der Waals surface area contributed by atoms with Crippen LogP contribution in [0.1, 0.15) is 34.0 Å². The van der Waals surface area contributed by atoms with E-state index in [1.807, 2.05) is 0 Å². The van der Waals surface area contributed by atoms with E-state index in [0.29, 0.717) is 16.9 Å². The van der Waals surface area contributed by atoms with Gasteiger partial charge in [0.2, 0.25) is 0 Å². The van der Waals surface area contributed by atoms with Crippen molar-refractivity contribution in [2.24, 2.45) is 0 Å². The summed E-state index contributed by atoms with van der Waals surface area (Å²) >= 11 is 0. The maximum Gasteiger partial charge on any atom is 0.416 e. The molecule has 2 rings (SSSR count). The molecule has 0 aliphatic heterocycles. The van der Waals surface area contributed by atoms with Gasteiger partial charge in [0.25, 0.3) is 0 Å². The first-order chi connectivity index (χ1) is 10.3. The van der Waals surface area contributed by atoms with Gasteiger partial charge in [-0.3, -0.25) is 4.79 Å². The predicted molar refractivity (Wildman–Crippen MR) is 77.0 cm³/mol. The second-order valence-corrected chi connectivity index (χ2v) is 5.02. The average molecular weight is 308 g/mol. The summed E-state index contributed by atoms with van der Waals surface area (Å²) in [6.07, 6.45) is -4.36. The summed E-state index contributed by atoms with van der Waals surface area (Å²) in [6, 6.07) is 10.3. The molecule has 0 heterocycles. The number of hydrogen-bond acceptors (Lipinski definition) is 2. The lowest BCUT2D eigenvalue weighted by Gasteiger charge is -2.12. The number of ketones is 1. The molecule has 2 aromatic rings. The van der Waals surface area contributed by atoms with Crippen molar-refractivity contribution >= 4 is 5.78 Å². The predicted octanol–water partition coefficient (Wildman–Crippen LogP) is 4.80. The molecule has 0 fully saturated rings. The number of ether oxygens (including phenoxy) is 1. The van der Waals surface area contributed by atoms with Gasteiger partial charge >= 0.3 is 6.18 Å². The molecule has 0 aliphatic carbocycles. The zero-order valence-corrected chi connectivity index (χ0v) is 12.2. The molecule has 2 aromatic carbocycles. The summed E-state index contributed by atoms with van der Waals surface area (Å²) in [6.45, 7) is 3.23. The third kappa shape index (κ3) is 3.87. The van der Waals surface area contributed by atoms with Crippen molar-refractivity contribution < 1.29 is 22.7 Å². The summed E-state index contributed by atoms with van der Waals surface area (Å²) in [5.74, 6) is 0.341. The number of hydrogen-bond donors (Lipinski definition) is 0. The monoisotopic (exact) mass is 308 g/mol. The Bertz CT molecular complexity index is 691. The minimum absolute atomic E-state index is 0.0486. The van der Waals surface area contributed by atoms with E-state index in [9.17, 15) is 18.0 Å². The number of Topliss-reactive ketones (excluding diaryl/α,β-unsaturated/α-hetero) is 1. The average Bonchev–Trinajstić information content (AvgIpc) is 2.45. The SMILES string of the molecule is CC(=O)c1cccc(COc2ccc(C(F)(F)F)cc2C)c1. The molecule has 0 N–H and O–H groups in total. The van der Waals surface area contributed by atoms with Gasteiger partial charge in [-0.25, -0.2) is 0 Å². The van der Waals surface area contributed by atoms with Gasteiger partial charge in [-0.2, -0.15) is 13.2 Å². The second-order valence-electron chi connectivity index (χ2n) is 5.02. The fraction of sp³-hybridized carbons (Fsp3) is 0.235. The molecule has 0 bridgehead atoms. The first kappa shape index (κ1) is 16.1. The molecule has 0 saturated heterocycles. The Morgan fingerprint density at radius 2 is 1.86 bits per heavy atom. The molecule has 5 heteroatoms. The van der Waals surface area contributed by atoms with Crippen molar-refractivity contribution in [3.63, 3.8) is 0 Å². The van der Waals surface area contributed by atoms with Gasteiger partial charge in [-0.05, 0) is 49.2 Å². The number of carbonyl (C=O) groups is 1. The van der Waals surface area contributed by atoms with Gasteiger partial charge in [0.1, 0.15) is 12.4 Å². The fourth-order valence-corrected chi connectivity index (χ4v) is 2.03. The maximum absolute atomic E-state index is 12.6. The summed E-state index contributed by atoms with van der Waals surface area (Å²) in [4.78, 5) is 11.3. The first-order valence-electron chi connectivity index (χ1n) is 6.68. The molecule has 116 valence electrons. The Labute approximate surface area is 126 Å². The van der Waals surface area contributed by atoms with E-state index in [1.54, 1.807) is 31.2 Å². The fourth-order valence-electron chi connectivity index (χ4n) is 2.03. The van der Waals surface area contributed by atoms with Crippen LogP contribution in [0.3, 0.4) is 0 Å². The highest BCUT2D eigenvalue weighted by atomic mass is 19.4. The molecule has 0 amide bonds. The first-order valence-corrected chi connectivity index (χ1v) is 6.68. The van der Waals surface area contributed by atoms with Crippen LogP contribution in [-0.4, -0.2) is 5.78 Å². The lowest BCUT2D eigenvalue weighted by Crippen LogP contribution is -2.06. The number of halogens is 3. The van der Waals surface area contributed by atoms with Gasteiger partial charge < -0.3 is 4.74 Å². The molecule has 0 aliphatic rings. The molecule has 0 unspecified atom stereocenters. The van der Waals surface area contributed by atoms with Crippen LogP contribution in [0.2, 0.25) is 0 Å². The maximum atomic E-state index is 12.6. The summed E-state index contributed by atoms with van der Waals surface area (Å²) in [5.41, 5.74) is 1.07. The van der Waals surface area contributed by atoms with Crippen molar-refractivity contribution in [2.45, 2.75) is 26.6 Å². The highest BCUT2D eigenvalue weighted by Crippen LogP contribution is 2.32. The number of alkyl halides is 3. The molecular formula is C17H15F3O2. The smallest absolute Gasteiger partial charge is 0.416 e. The lowest BCUT2D eigenvalue weighted by molar-refractivity contribution is -0.137. The van der Waals surface area contributed by atoms with Crippen molar-refractivity contribution in [1.29, 1.82) is 0 Å². The molecule has 0 aromatic heterocycles. The van der Waals surface area contributed by atoms with Crippen LogP contribution >= 0.6 is 0 Å². The van der Waals surface area contributed by atoms with Crippen LogP contribution in [-0.2, 0) is 12.8 Å². The minimum atomic E-state index is -4.36. The van der Waals surface area contributed by atoms with Crippen LogP contribution in [0.15, 0.2) is 42.5 Å². The third-order valence-electron chi connectivity index (χ3n) is 3.23.